The molecule has 0 bridgehead atoms. The van der Waals surface area contributed by atoms with Crippen LogP contribution in [0.15, 0.2) is 22.2 Å². The van der Waals surface area contributed by atoms with E-state index in [9.17, 15) is 0 Å². The van der Waals surface area contributed by atoms with Gasteiger partial charge >= 0.3 is 0 Å². The average molecular weight is 307 g/mol. The topological polar surface area (TPSA) is 28.2 Å². The third kappa shape index (κ3) is 3.11. The first-order valence-electron chi connectivity index (χ1n) is 7.31. The lowest BCUT2D eigenvalue weighted by atomic mass is 10.1. The molecule has 1 fully saturated rings. The zero-order valence-electron chi connectivity index (χ0n) is 11.8. The van der Waals surface area contributed by atoms with Gasteiger partial charge in [0.2, 0.25) is 0 Å². The molecule has 3 nitrogen and oxygen atoms in total. The summed E-state index contributed by atoms with van der Waals surface area (Å²) in [6.45, 7) is 6.74. The predicted molar refractivity (Wildman–Crippen MR) is 87.5 cm³/mol. The van der Waals surface area contributed by atoms with Crippen LogP contribution in [0.3, 0.4) is 0 Å². The molecule has 0 radical (unpaired) electrons. The number of nitrogens with one attached hydrogen (secondary N) is 1. The first-order chi connectivity index (χ1) is 9.88. The molecule has 1 aliphatic heterocycles. The molecule has 20 heavy (non-hydrogen) atoms. The molecule has 2 aromatic rings. The minimum absolute atomic E-state index is 0.500. The number of piperazine rings is 1. The van der Waals surface area contributed by atoms with Gasteiger partial charge in [-0.15, -0.1) is 11.3 Å². The number of nitrogens with zero attached hydrogens (tertiary/aromatic N) is 2. The Kier molecular flexibility index (Phi) is 4.83. The summed E-state index contributed by atoms with van der Waals surface area (Å²) in [4.78, 5) is 7.50. The fourth-order valence-corrected chi connectivity index (χ4v) is 4.36. The average Bonchev–Trinajstić information content (AvgIpc) is 3.16. The van der Waals surface area contributed by atoms with Crippen LogP contribution in [0, 0.1) is 0 Å². The van der Waals surface area contributed by atoms with Gasteiger partial charge in [-0.1, -0.05) is 13.3 Å². The maximum atomic E-state index is 4.91. The van der Waals surface area contributed by atoms with Crippen molar-refractivity contribution in [3.8, 4) is 11.3 Å². The Morgan fingerprint density at radius 2 is 2.20 bits per heavy atom. The van der Waals surface area contributed by atoms with E-state index in [2.05, 4.69) is 39.3 Å². The number of hydrogen-bond donors (Lipinski definition) is 1. The Bertz CT molecular complexity index is 515. The fraction of sp³-hybridized carbons (Fsp3) is 0.533. The Hall–Kier alpha value is -0.750. The maximum Gasteiger partial charge on any atom is 0.110 e. The van der Waals surface area contributed by atoms with Gasteiger partial charge in [0.1, 0.15) is 5.01 Å². The molecule has 0 aromatic carbocycles. The van der Waals surface area contributed by atoms with Gasteiger partial charge in [-0.3, -0.25) is 4.90 Å². The van der Waals surface area contributed by atoms with Gasteiger partial charge in [-0.25, -0.2) is 4.98 Å². The van der Waals surface area contributed by atoms with Gasteiger partial charge in [0.05, 0.1) is 11.7 Å². The highest BCUT2D eigenvalue weighted by Crippen LogP contribution is 2.32. The van der Waals surface area contributed by atoms with Crippen LogP contribution >= 0.6 is 22.7 Å². The van der Waals surface area contributed by atoms with Gasteiger partial charge in [0.25, 0.3) is 0 Å². The number of thiazole rings is 1. The molecular formula is C15H21N3S2. The van der Waals surface area contributed by atoms with Crippen molar-refractivity contribution < 1.29 is 0 Å². The van der Waals surface area contributed by atoms with Gasteiger partial charge in [-0.2, -0.15) is 11.3 Å². The summed E-state index contributed by atoms with van der Waals surface area (Å²) in [5.74, 6) is 0. The van der Waals surface area contributed by atoms with Gasteiger partial charge in [0, 0.05) is 42.5 Å². The quantitative estimate of drug-likeness (QED) is 0.914. The Balaban J connectivity index is 1.80. The maximum absolute atomic E-state index is 4.91. The van der Waals surface area contributed by atoms with Gasteiger partial charge in [0.15, 0.2) is 0 Å². The highest BCUT2D eigenvalue weighted by Gasteiger charge is 2.24. The van der Waals surface area contributed by atoms with E-state index in [-0.39, 0.29) is 0 Å². The standard InChI is InChI=1S/C15H21N3S2/c1-2-3-14(18-7-5-16-6-8-18)15-17-13(11-20-15)12-4-9-19-10-12/h4,9-11,14,16H,2-3,5-8H2,1H3. The van der Waals surface area contributed by atoms with Crippen LogP contribution in [-0.2, 0) is 0 Å². The molecule has 5 heteroatoms. The van der Waals surface area contributed by atoms with Crippen LogP contribution in [0.5, 0.6) is 0 Å². The number of thiophene rings is 1. The summed E-state index contributed by atoms with van der Waals surface area (Å²) in [5, 5.41) is 11.2. The molecule has 3 heterocycles. The smallest absolute Gasteiger partial charge is 0.110 e. The van der Waals surface area contributed by atoms with Crippen molar-refractivity contribution in [1.29, 1.82) is 0 Å². The molecule has 0 amide bonds. The highest BCUT2D eigenvalue weighted by atomic mass is 32.1. The summed E-state index contributed by atoms with van der Waals surface area (Å²) >= 11 is 3.56. The Labute approximate surface area is 128 Å². The lowest BCUT2D eigenvalue weighted by Crippen LogP contribution is -2.45. The summed E-state index contributed by atoms with van der Waals surface area (Å²) in [6.07, 6.45) is 2.42. The van der Waals surface area contributed by atoms with E-state index in [0.29, 0.717) is 6.04 Å². The van der Waals surface area contributed by atoms with Crippen LogP contribution in [0.2, 0.25) is 0 Å². The van der Waals surface area contributed by atoms with Crippen molar-refractivity contribution in [2.75, 3.05) is 26.2 Å². The first kappa shape index (κ1) is 14.2. The van der Waals surface area contributed by atoms with E-state index < -0.39 is 0 Å². The van der Waals surface area contributed by atoms with Crippen molar-refractivity contribution in [2.24, 2.45) is 0 Å². The molecule has 0 aliphatic carbocycles. The highest BCUT2D eigenvalue weighted by molar-refractivity contribution is 7.10. The summed E-state index contributed by atoms with van der Waals surface area (Å²) in [6, 6.07) is 2.66. The van der Waals surface area contributed by atoms with E-state index in [1.54, 1.807) is 11.3 Å². The van der Waals surface area contributed by atoms with E-state index >= 15 is 0 Å². The second-order valence-electron chi connectivity index (χ2n) is 5.17. The van der Waals surface area contributed by atoms with Crippen LogP contribution < -0.4 is 5.32 Å². The predicted octanol–water partition coefficient (Wildman–Crippen LogP) is 3.62. The van der Waals surface area contributed by atoms with Crippen LogP contribution in [-0.4, -0.2) is 36.1 Å². The third-order valence-corrected chi connectivity index (χ3v) is 5.41. The van der Waals surface area contributed by atoms with Crippen LogP contribution in [0.25, 0.3) is 11.3 Å². The lowest BCUT2D eigenvalue weighted by molar-refractivity contribution is 0.164. The minimum atomic E-state index is 0.500. The molecule has 0 spiro atoms. The molecule has 3 rings (SSSR count). The minimum Gasteiger partial charge on any atom is -0.314 e. The molecule has 1 atom stereocenters. The van der Waals surface area contributed by atoms with Crippen molar-refractivity contribution >= 4 is 22.7 Å². The number of aromatic nitrogens is 1. The molecule has 2 aromatic heterocycles. The van der Waals surface area contributed by atoms with Crippen LogP contribution in [0.1, 0.15) is 30.8 Å². The Morgan fingerprint density at radius 3 is 2.90 bits per heavy atom. The van der Waals surface area contributed by atoms with Crippen LogP contribution in [0.4, 0.5) is 0 Å². The van der Waals surface area contributed by atoms with Crippen molar-refractivity contribution in [3.05, 3.63) is 27.2 Å². The summed E-state index contributed by atoms with van der Waals surface area (Å²) < 4.78 is 0. The zero-order valence-corrected chi connectivity index (χ0v) is 13.5. The lowest BCUT2D eigenvalue weighted by Gasteiger charge is -2.33. The summed E-state index contributed by atoms with van der Waals surface area (Å²) in [7, 11) is 0. The fourth-order valence-electron chi connectivity index (χ4n) is 2.71. The first-order valence-corrected chi connectivity index (χ1v) is 9.13. The van der Waals surface area contributed by atoms with E-state index in [4.69, 9.17) is 4.98 Å². The van der Waals surface area contributed by atoms with Crippen molar-refractivity contribution in [2.45, 2.75) is 25.8 Å². The second kappa shape index (κ2) is 6.80. The largest absolute Gasteiger partial charge is 0.314 e. The molecular weight excluding hydrogens is 286 g/mol. The monoisotopic (exact) mass is 307 g/mol. The molecule has 0 saturated carbocycles. The number of rotatable bonds is 5. The van der Waals surface area contributed by atoms with Crippen molar-refractivity contribution in [1.82, 2.24) is 15.2 Å². The second-order valence-corrected chi connectivity index (χ2v) is 6.84. The normalized spacial score (nSPS) is 18.2. The third-order valence-electron chi connectivity index (χ3n) is 3.78. The SMILES string of the molecule is CCCC(c1nc(-c2ccsc2)cs1)N1CCNCC1. The van der Waals surface area contributed by atoms with E-state index in [1.807, 2.05) is 11.3 Å². The van der Waals surface area contributed by atoms with Crippen molar-refractivity contribution in [3.63, 3.8) is 0 Å². The Morgan fingerprint density at radius 1 is 1.35 bits per heavy atom. The van der Waals surface area contributed by atoms with E-state index in [0.717, 1.165) is 31.9 Å². The van der Waals surface area contributed by atoms with Gasteiger partial charge < -0.3 is 5.32 Å². The molecule has 1 unspecified atom stereocenters. The molecule has 1 N–H and O–H groups in total. The zero-order chi connectivity index (χ0) is 13.8. The molecule has 108 valence electrons. The van der Waals surface area contributed by atoms with Gasteiger partial charge in [-0.05, 0) is 17.9 Å². The molecule has 1 saturated heterocycles. The molecule has 1 aliphatic rings. The number of hydrogen-bond acceptors (Lipinski definition) is 5. The van der Waals surface area contributed by atoms with E-state index in [1.165, 1.54) is 23.4 Å². The summed E-state index contributed by atoms with van der Waals surface area (Å²) in [5.41, 5.74) is 2.40.